The van der Waals surface area contributed by atoms with Gasteiger partial charge in [0.25, 0.3) is 0 Å². The molecule has 9 rings (SSSR count). The molecule has 0 aromatic heterocycles. The summed E-state index contributed by atoms with van der Waals surface area (Å²) in [6, 6.07) is 21.6. The Balaban J connectivity index is 1.19. The second kappa shape index (κ2) is 12.7. The molecule has 0 N–H and O–H groups in total. The molecule has 6 aromatic rings. The Labute approximate surface area is 288 Å². The number of hydrogen-bond donors (Lipinski definition) is 0. The third-order valence-electron chi connectivity index (χ3n) is 9.71. The zero-order chi connectivity index (χ0) is 33.6. The van der Waals surface area contributed by atoms with Crippen molar-refractivity contribution < 1.29 is 42.7 Å². The maximum Gasteiger partial charge on any atom is 0.315 e. The fourth-order valence-corrected chi connectivity index (χ4v) is 7.27. The maximum atomic E-state index is 13.7. The van der Waals surface area contributed by atoms with Crippen molar-refractivity contribution in [3.05, 3.63) is 72.3 Å². The molecule has 9 nitrogen and oxygen atoms in total. The van der Waals surface area contributed by atoms with Gasteiger partial charge in [-0.3, -0.25) is 4.79 Å². The third-order valence-corrected chi connectivity index (χ3v) is 9.71. The predicted octanol–water partition coefficient (Wildman–Crippen LogP) is 9.37. The molecule has 0 bridgehead atoms. The van der Waals surface area contributed by atoms with Gasteiger partial charge >= 0.3 is 5.97 Å². The van der Waals surface area contributed by atoms with E-state index in [0.717, 1.165) is 67.2 Å². The molecule has 0 aliphatic carbocycles. The van der Waals surface area contributed by atoms with E-state index in [1.165, 1.54) is 25.7 Å². The fourth-order valence-electron chi connectivity index (χ4n) is 7.27. The Morgan fingerprint density at radius 1 is 0.580 bits per heavy atom. The number of ether oxygens (including phenoxy) is 8. The van der Waals surface area contributed by atoms with Gasteiger partial charge in [-0.2, -0.15) is 0 Å². The van der Waals surface area contributed by atoms with Crippen molar-refractivity contribution in [3.63, 3.8) is 0 Å². The molecular formula is C41H36O9. The third kappa shape index (κ3) is 5.47. The predicted molar refractivity (Wildman–Crippen MR) is 189 cm³/mol. The van der Waals surface area contributed by atoms with Gasteiger partial charge in [-0.15, -0.1) is 0 Å². The molecule has 0 amide bonds. The maximum absolute atomic E-state index is 13.7. The molecule has 0 atom stereocenters. The van der Waals surface area contributed by atoms with E-state index in [0.29, 0.717) is 46.9 Å². The number of carbonyl (C=O) groups excluding carboxylic acids is 1. The molecule has 0 saturated heterocycles. The van der Waals surface area contributed by atoms with Crippen LogP contribution in [0.3, 0.4) is 0 Å². The average molecular weight is 673 g/mol. The van der Waals surface area contributed by atoms with Crippen molar-refractivity contribution >= 4 is 49.1 Å². The molecule has 0 radical (unpaired) electrons. The van der Waals surface area contributed by atoms with Crippen molar-refractivity contribution in [2.75, 3.05) is 27.0 Å². The van der Waals surface area contributed by atoms with Gasteiger partial charge in [0, 0.05) is 10.8 Å². The quantitative estimate of drug-likeness (QED) is 0.0578. The van der Waals surface area contributed by atoms with Gasteiger partial charge in [0.05, 0.1) is 13.0 Å². The van der Waals surface area contributed by atoms with Crippen LogP contribution in [0, 0.1) is 0 Å². The van der Waals surface area contributed by atoms with Gasteiger partial charge < -0.3 is 37.9 Å². The molecule has 0 fully saturated rings. The van der Waals surface area contributed by atoms with E-state index < -0.39 is 5.97 Å². The molecule has 9 heteroatoms. The smallest absolute Gasteiger partial charge is 0.315 e. The lowest BCUT2D eigenvalue weighted by Crippen LogP contribution is -2.11. The van der Waals surface area contributed by atoms with Crippen molar-refractivity contribution in [2.45, 2.75) is 51.9 Å². The normalized spacial score (nSPS) is 13.9. The van der Waals surface area contributed by atoms with Gasteiger partial charge in [-0.05, 0) is 98.9 Å². The molecule has 6 aromatic carbocycles. The second-order valence-corrected chi connectivity index (χ2v) is 13.0. The number of rotatable bonds is 11. The molecular weight excluding hydrogens is 636 g/mol. The summed E-state index contributed by atoms with van der Waals surface area (Å²) in [6.45, 7) is 3.34. The highest BCUT2D eigenvalue weighted by atomic mass is 16.7. The highest BCUT2D eigenvalue weighted by Gasteiger charge is 2.25. The molecule has 3 aliphatic rings. The first kappa shape index (κ1) is 30.5. The van der Waals surface area contributed by atoms with Gasteiger partial charge in [0.15, 0.2) is 34.5 Å². The number of benzene rings is 6. The van der Waals surface area contributed by atoms with Gasteiger partial charge in [0.2, 0.25) is 20.4 Å². The Bertz CT molecular complexity index is 2310. The summed E-state index contributed by atoms with van der Waals surface area (Å²) >= 11 is 0. The highest BCUT2D eigenvalue weighted by molar-refractivity contribution is 6.33. The Morgan fingerprint density at radius 3 is 2.00 bits per heavy atom. The van der Waals surface area contributed by atoms with Gasteiger partial charge in [0.1, 0.15) is 11.5 Å². The molecule has 0 unspecified atom stereocenters. The van der Waals surface area contributed by atoms with Crippen molar-refractivity contribution in [2.24, 2.45) is 0 Å². The van der Waals surface area contributed by atoms with Crippen LogP contribution in [0.1, 0.15) is 51.0 Å². The molecule has 3 heterocycles. The van der Waals surface area contributed by atoms with E-state index in [1.54, 1.807) is 0 Å². The first-order chi connectivity index (χ1) is 24.6. The zero-order valence-corrected chi connectivity index (χ0v) is 27.8. The minimum atomic E-state index is -0.405. The summed E-state index contributed by atoms with van der Waals surface area (Å²) in [5, 5.41) is 7.31. The summed E-state index contributed by atoms with van der Waals surface area (Å²) in [5.41, 5.74) is 0.764. The molecule has 50 heavy (non-hydrogen) atoms. The molecule has 0 saturated carbocycles. The fraction of sp³-hybridized carbons (Fsp3) is 0.293. The van der Waals surface area contributed by atoms with E-state index in [9.17, 15) is 4.79 Å². The number of carbonyl (C=O) groups is 1. The van der Waals surface area contributed by atoms with Crippen LogP contribution in [0.15, 0.2) is 66.7 Å². The topological polar surface area (TPSA) is 90.9 Å². The van der Waals surface area contributed by atoms with E-state index in [2.05, 4.69) is 19.1 Å². The van der Waals surface area contributed by atoms with Crippen LogP contribution in [0.4, 0.5) is 0 Å². The standard InChI is InChI=1S/C41H36O9/c1-2-3-4-5-6-7-12-43-26-9-10-27-29(17-26)30-19-36-37(49-23-48-36)20-31(30)41-38(16-25-15-34-35(47-22-46-34)18-28(25)40(27)41)50-39(42)14-24-8-11-32-33(13-24)45-21-44-32/h8-11,13,15-20H,2-7,12,14,21-23H2,1H3. The minimum Gasteiger partial charge on any atom is -0.494 e. The van der Waals surface area contributed by atoms with Gasteiger partial charge in [-0.1, -0.05) is 51.2 Å². The van der Waals surface area contributed by atoms with Crippen LogP contribution in [0.25, 0.3) is 43.1 Å². The lowest BCUT2D eigenvalue weighted by atomic mass is 9.90. The molecule has 0 spiro atoms. The van der Waals surface area contributed by atoms with Crippen LogP contribution < -0.4 is 37.9 Å². The summed E-state index contributed by atoms with van der Waals surface area (Å²) in [6.07, 6.45) is 7.23. The average Bonchev–Trinajstić information content (AvgIpc) is 3.90. The number of unbranched alkanes of at least 4 members (excludes halogenated alkanes) is 5. The zero-order valence-electron chi connectivity index (χ0n) is 27.8. The van der Waals surface area contributed by atoms with Gasteiger partial charge in [-0.25, -0.2) is 0 Å². The van der Waals surface area contributed by atoms with Crippen molar-refractivity contribution in [3.8, 4) is 46.0 Å². The number of fused-ring (bicyclic) bond motifs is 11. The summed E-state index contributed by atoms with van der Waals surface area (Å²) in [7, 11) is 0. The molecule has 254 valence electrons. The Hall–Kier alpha value is -5.57. The Morgan fingerprint density at radius 2 is 1.22 bits per heavy atom. The monoisotopic (exact) mass is 672 g/mol. The van der Waals surface area contributed by atoms with E-state index in [1.807, 2.05) is 54.6 Å². The Kier molecular flexibility index (Phi) is 7.75. The van der Waals surface area contributed by atoms with Crippen LogP contribution in [-0.2, 0) is 11.2 Å². The first-order valence-electron chi connectivity index (χ1n) is 17.3. The lowest BCUT2D eigenvalue weighted by Gasteiger charge is -2.18. The SMILES string of the molecule is CCCCCCCCOc1ccc2c(c1)c1cc3c(cc1c1c(OC(=O)Cc4ccc5c(c4)OCO5)cc4cc5c(cc4c21)OCO5)OCO3. The number of esters is 1. The van der Waals surface area contributed by atoms with Crippen molar-refractivity contribution in [1.29, 1.82) is 0 Å². The largest absolute Gasteiger partial charge is 0.494 e. The van der Waals surface area contributed by atoms with E-state index in [4.69, 9.17) is 37.9 Å². The highest BCUT2D eigenvalue weighted by Crippen LogP contribution is 2.50. The lowest BCUT2D eigenvalue weighted by molar-refractivity contribution is -0.133. The number of hydrogen-bond acceptors (Lipinski definition) is 9. The molecule has 3 aliphatic heterocycles. The van der Waals surface area contributed by atoms with Crippen molar-refractivity contribution in [1.82, 2.24) is 0 Å². The van der Waals surface area contributed by atoms with Crippen LogP contribution in [-0.4, -0.2) is 33.0 Å². The van der Waals surface area contributed by atoms with Crippen LogP contribution >= 0.6 is 0 Å². The second-order valence-electron chi connectivity index (χ2n) is 13.0. The minimum absolute atomic E-state index is 0.0501. The van der Waals surface area contributed by atoms with E-state index >= 15 is 0 Å². The van der Waals surface area contributed by atoms with Crippen LogP contribution in [0.5, 0.6) is 46.0 Å². The summed E-state index contributed by atoms with van der Waals surface area (Å²) < 4.78 is 46.9. The summed E-state index contributed by atoms with van der Waals surface area (Å²) in [4.78, 5) is 13.7. The van der Waals surface area contributed by atoms with E-state index in [-0.39, 0.29) is 26.8 Å². The summed E-state index contributed by atoms with van der Waals surface area (Å²) in [5.74, 6) is 4.74. The van der Waals surface area contributed by atoms with Crippen LogP contribution in [0.2, 0.25) is 0 Å². The first-order valence-corrected chi connectivity index (χ1v) is 17.3.